The smallest absolute Gasteiger partial charge is 0.249 e. The molecule has 0 aliphatic rings. The van der Waals surface area contributed by atoms with Crippen molar-refractivity contribution in [3.63, 3.8) is 0 Å². The molecule has 2 aromatic carbocycles. The first kappa shape index (κ1) is 22.1. The summed E-state index contributed by atoms with van der Waals surface area (Å²) in [4.78, 5) is 16.8. The van der Waals surface area contributed by atoms with Gasteiger partial charge in [0.05, 0.1) is 20.0 Å². The maximum absolute atomic E-state index is 12.6. The molecule has 1 amide bonds. The minimum absolute atomic E-state index is 0.256. The lowest BCUT2D eigenvalue weighted by Crippen LogP contribution is -2.10. The van der Waals surface area contributed by atoms with Gasteiger partial charge < -0.3 is 19.2 Å². The highest BCUT2D eigenvalue weighted by Crippen LogP contribution is 2.38. The second-order valence-electron chi connectivity index (χ2n) is 7.69. The number of pyridine rings is 1. The second kappa shape index (κ2) is 9.61. The van der Waals surface area contributed by atoms with Crippen molar-refractivity contribution in [1.29, 1.82) is 0 Å². The molecule has 2 heterocycles. The number of hydrogen-bond donors (Lipinski definition) is 1. The first-order valence-electron chi connectivity index (χ1n) is 10.7. The molecule has 1 N–H and O–H groups in total. The fourth-order valence-electron chi connectivity index (χ4n) is 3.61. The maximum atomic E-state index is 12.6. The number of nitrogens with zero attached hydrogens (tertiary/aromatic N) is 1. The third kappa shape index (κ3) is 4.90. The van der Waals surface area contributed by atoms with Gasteiger partial charge in [0.1, 0.15) is 22.9 Å². The lowest BCUT2D eigenvalue weighted by molar-refractivity contribution is -0.111. The second-order valence-corrected chi connectivity index (χ2v) is 7.69. The Balaban J connectivity index is 1.70. The van der Waals surface area contributed by atoms with Crippen LogP contribution in [-0.4, -0.2) is 24.6 Å². The number of nitrogens with one attached hydrogen (secondary N) is 1. The summed E-state index contributed by atoms with van der Waals surface area (Å²) in [5, 5.41) is 3.74. The summed E-state index contributed by atoms with van der Waals surface area (Å²) in [6, 6.07) is 15.4. The SMILES string of the molecule is CCOc1cc2occ(-c3ccc(OC)cc3)c2cc1/C(C)=C/C(=O)Nc1ccc(C)cn1. The minimum atomic E-state index is -0.256. The molecule has 4 rings (SSSR count). The Kier molecular flexibility index (Phi) is 6.45. The normalized spacial score (nSPS) is 11.5. The lowest BCUT2D eigenvalue weighted by Gasteiger charge is -2.12. The van der Waals surface area contributed by atoms with E-state index >= 15 is 0 Å². The largest absolute Gasteiger partial charge is 0.497 e. The van der Waals surface area contributed by atoms with Crippen LogP contribution < -0.4 is 14.8 Å². The molecule has 4 aromatic rings. The number of aromatic nitrogens is 1. The minimum Gasteiger partial charge on any atom is -0.497 e. The van der Waals surface area contributed by atoms with Crippen molar-refractivity contribution in [3.05, 3.63) is 78.2 Å². The van der Waals surface area contributed by atoms with Crippen LogP contribution >= 0.6 is 0 Å². The summed E-state index contributed by atoms with van der Waals surface area (Å²) in [5.74, 6) is 1.70. The first-order chi connectivity index (χ1) is 16.0. The Morgan fingerprint density at radius 3 is 2.61 bits per heavy atom. The molecule has 2 aromatic heterocycles. The Bertz CT molecular complexity index is 1300. The molecule has 6 heteroatoms. The van der Waals surface area contributed by atoms with Gasteiger partial charge in [-0.1, -0.05) is 18.2 Å². The van der Waals surface area contributed by atoms with Crippen molar-refractivity contribution in [2.45, 2.75) is 20.8 Å². The summed E-state index contributed by atoms with van der Waals surface area (Å²) >= 11 is 0. The summed E-state index contributed by atoms with van der Waals surface area (Å²) in [7, 11) is 1.64. The van der Waals surface area contributed by atoms with E-state index in [1.165, 1.54) is 0 Å². The van der Waals surface area contributed by atoms with E-state index in [4.69, 9.17) is 13.9 Å². The standard InChI is InChI=1S/C27H26N2O4/c1-5-32-24-14-25-22(23(16-33-25)19-7-9-20(31-4)10-8-19)13-21(24)18(3)12-27(30)29-26-11-6-17(2)15-28-26/h6-16H,5H2,1-4H3,(H,28,29,30)/b18-12+. The molecular weight excluding hydrogens is 416 g/mol. The van der Waals surface area contributed by atoms with Crippen molar-refractivity contribution in [1.82, 2.24) is 4.98 Å². The molecular formula is C27H26N2O4. The van der Waals surface area contributed by atoms with E-state index < -0.39 is 0 Å². The van der Waals surface area contributed by atoms with E-state index in [1.807, 2.05) is 63.2 Å². The van der Waals surface area contributed by atoms with Crippen molar-refractivity contribution in [2.75, 3.05) is 19.0 Å². The molecule has 0 fully saturated rings. The number of rotatable bonds is 7. The van der Waals surface area contributed by atoms with Crippen molar-refractivity contribution >= 4 is 28.3 Å². The van der Waals surface area contributed by atoms with Crippen LogP contribution in [0.4, 0.5) is 5.82 Å². The average molecular weight is 443 g/mol. The van der Waals surface area contributed by atoms with Crippen LogP contribution in [0.25, 0.3) is 27.7 Å². The number of carbonyl (C=O) groups excluding carboxylic acids is 1. The Labute approximate surface area is 192 Å². The highest BCUT2D eigenvalue weighted by atomic mass is 16.5. The van der Waals surface area contributed by atoms with Gasteiger partial charge in [-0.25, -0.2) is 4.98 Å². The van der Waals surface area contributed by atoms with E-state index in [0.29, 0.717) is 23.8 Å². The van der Waals surface area contributed by atoms with Crippen LogP contribution in [0.3, 0.4) is 0 Å². The number of fused-ring (bicyclic) bond motifs is 1. The zero-order valence-corrected chi connectivity index (χ0v) is 19.1. The lowest BCUT2D eigenvalue weighted by atomic mass is 9.99. The summed E-state index contributed by atoms with van der Waals surface area (Å²) in [5.41, 5.74) is 5.31. The topological polar surface area (TPSA) is 73.6 Å². The Morgan fingerprint density at radius 1 is 1.15 bits per heavy atom. The average Bonchev–Trinajstić information content (AvgIpc) is 3.23. The summed E-state index contributed by atoms with van der Waals surface area (Å²) in [6.07, 6.45) is 5.01. The zero-order chi connectivity index (χ0) is 23.4. The van der Waals surface area contributed by atoms with Gasteiger partial charge in [-0.05, 0) is 61.7 Å². The van der Waals surface area contributed by atoms with Gasteiger partial charge in [0, 0.05) is 34.9 Å². The number of amides is 1. The molecule has 0 spiro atoms. The number of hydrogen-bond acceptors (Lipinski definition) is 5. The van der Waals surface area contributed by atoms with E-state index in [-0.39, 0.29) is 5.91 Å². The van der Waals surface area contributed by atoms with E-state index in [9.17, 15) is 4.79 Å². The molecule has 0 saturated heterocycles. The Morgan fingerprint density at radius 2 is 1.94 bits per heavy atom. The van der Waals surface area contributed by atoms with Gasteiger partial charge in [0.15, 0.2) is 0 Å². The molecule has 0 bridgehead atoms. The fourth-order valence-corrected chi connectivity index (χ4v) is 3.61. The highest BCUT2D eigenvalue weighted by Gasteiger charge is 2.15. The van der Waals surface area contributed by atoms with Gasteiger partial charge in [-0.15, -0.1) is 0 Å². The van der Waals surface area contributed by atoms with Gasteiger partial charge in [0.2, 0.25) is 5.91 Å². The fraction of sp³-hybridized carbons (Fsp3) is 0.185. The number of carbonyl (C=O) groups is 1. The number of ether oxygens (including phenoxy) is 2. The monoisotopic (exact) mass is 442 g/mol. The third-order valence-electron chi connectivity index (χ3n) is 5.31. The van der Waals surface area contributed by atoms with Gasteiger partial charge in [-0.2, -0.15) is 0 Å². The predicted molar refractivity (Wildman–Crippen MR) is 131 cm³/mol. The van der Waals surface area contributed by atoms with Crippen LogP contribution in [0, 0.1) is 6.92 Å². The van der Waals surface area contributed by atoms with Gasteiger partial charge in [0.25, 0.3) is 0 Å². The Hall–Kier alpha value is -4.06. The summed E-state index contributed by atoms with van der Waals surface area (Å²) < 4.78 is 17.0. The number of anilines is 1. The number of allylic oxidation sites excluding steroid dienone is 1. The van der Waals surface area contributed by atoms with Crippen LogP contribution in [0.5, 0.6) is 11.5 Å². The zero-order valence-electron chi connectivity index (χ0n) is 19.1. The molecule has 0 aliphatic carbocycles. The quantitative estimate of drug-likeness (QED) is 0.342. The van der Waals surface area contributed by atoms with Crippen molar-refractivity contribution in [2.24, 2.45) is 0 Å². The highest BCUT2D eigenvalue weighted by molar-refractivity contribution is 6.05. The summed E-state index contributed by atoms with van der Waals surface area (Å²) in [6.45, 7) is 6.26. The third-order valence-corrected chi connectivity index (χ3v) is 5.31. The predicted octanol–water partition coefficient (Wildman–Crippen LogP) is 6.25. The van der Waals surface area contributed by atoms with Crippen LogP contribution in [0.15, 0.2) is 71.5 Å². The number of benzene rings is 2. The van der Waals surface area contributed by atoms with Crippen molar-refractivity contribution < 1.29 is 18.7 Å². The molecule has 0 aliphatic heterocycles. The first-order valence-corrected chi connectivity index (χ1v) is 10.7. The van der Waals surface area contributed by atoms with E-state index in [2.05, 4.69) is 10.3 Å². The molecule has 33 heavy (non-hydrogen) atoms. The molecule has 6 nitrogen and oxygen atoms in total. The number of aryl methyl sites for hydroxylation is 1. The molecule has 168 valence electrons. The van der Waals surface area contributed by atoms with Crippen LogP contribution in [0.2, 0.25) is 0 Å². The van der Waals surface area contributed by atoms with E-state index in [1.54, 1.807) is 31.7 Å². The number of methoxy groups -OCH3 is 1. The van der Waals surface area contributed by atoms with Crippen LogP contribution in [-0.2, 0) is 4.79 Å². The van der Waals surface area contributed by atoms with Gasteiger partial charge >= 0.3 is 0 Å². The maximum Gasteiger partial charge on any atom is 0.249 e. The molecule has 0 radical (unpaired) electrons. The van der Waals surface area contributed by atoms with Crippen LogP contribution in [0.1, 0.15) is 25.0 Å². The molecule has 0 atom stereocenters. The van der Waals surface area contributed by atoms with Crippen molar-refractivity contribution in [3.8, 4) is 22.6 Å². The molecule has 0 saturated carbocycles. The molecule has 0 unspecified atom stereocenters. The number of furan rings is 1. The van der Waals surface area contributed by atoms with Gasteiger partial charge in [-0.3, -0.25) is 4.79 Å². The van der Waals surface area contributed by atoms with E-state index in [0.717, 1.165) is 39.0 Å².